The Hall–Kier alpha value is -1.69. The summed E-state index contributed by atoms with van der Waals surface area (Å²) in [6, 6.07) is 8.39. The minimum Gasteiger partial charge on any atom is -0.355 e. The molecular formula is C15H18BrN5. The highest BCUT2D eigenvalue weighted by atomic mass is 79.9. The fraction of sp³-hybridized carbons (Fsp3) is 0.400. The summed E-state index contributed by atoms with van der Waals surface area (Å²) in [5, 5.41) is 8.19. The van der Waals surface area contributed by atoms with Gasteiger partial charge in [0, 0.05) is 43.0 Å². The largest absolute Gasteiger partial charge is 0.355 e. The number of pyridine rings is 1. The number of anilines is 2. The van der Waals surface area contributed by atoms with E-state index in [0.717, 1.165) is 35.6 Å². The molecule has 3 rings (SSSR count). The molecule has 0 aliphatic carbocycles. The number of rotatable bonds is 3. The predicted octanol–water partition coefficient (Wildman–Crippen LogP) is 2.74. The third kappa shape index (κ3) is 3.32. The number of aromatic nitrogens is 3. The van der Waals surface area contributed by atoms with Gasteiger partial charge in [-0.2, -0.15) is 5.10 Å². The smallest absolute Gasteiger partial charge is 0.151 e. The van der Waals surface area contributed by atoms with Crippen molar-refractivity contribution in [1.29, 1.82) is 0 Å². The van der Waals surface area contributed by atoms with Crippen LogP contribution in [0.3, 0.4) is 0 Å². The summed E-state index contributed by atoms with van der Waals surface area (Å²) >= 11 is 3.51. The summed E-state index contributed by atoms with van der Waals surface area (Å²) < 4.78 is 1.06. The quantitative estimate of drug-likeness (QED) is 0.854. The average molecular weight is 348 g/mol. The highest BCUT2D eigenvalue weighted by Gasteiger charge is 2.25. The second-order valence-electron chi connectivity index (χ2n) is 5.27. The van der Waals surface area contributed by atoms with Crippen LogP contribution in [0.2, 0.25) is 0 Å². The molecule has 3 heterocycles. The lowest BCUT2D eigenvalue weighted by Crippen LogP contribution is -2.47. The van der Waals surface area contributed by atoms with Crippen LogP contribution in [0.25, 0.3) is 0 Å². The van der Waals surface area contributed by atoms with E-state index >= 15 is 0 Å². The minimum absolute atomic E-state index is 0.433. The molecule has 110 valence electrons. The van der Waals surface area contributed by atoms with Crippen LogP contribution < -0.4 is 9.80 Å². The minimum atomic E-state index is 0.433. The molecule has 0 bridgehead atoms. The first-order valence-electron chi connectivity index (χ1n) is 7.11. The van der Waals surface area contributed by atoms with Crippen molar-refractivity contribution in [2.24, 2.45) is 0 Å². The summed E-state index contributed by atoms with van der Waals surface area (Å²) in [5.74, 6) is 1.95. The molecule has 21 heavy (non-hydrogen) atoms. The lowest BCUT2D eigenvalue weighted by atomic mass is 10.0. The summed E-state index contributed by atoms with van der Waals surface area (Å²) in [6.45, 7) is 1.98. The van der Waals surface area contributed by atoms with Crippen LogP contribution in [0.1, 0.15) is 12.8 Å². The van der Waals surface area contributed by atoms with Gasteiger partial charge in [-0.1, -0.05) is 15.9 Å². The SMILES string of the molecule is CN(c1cc(Br)ccn1)[C@H]1CCCN(c2cccnn2)C1. The molecule has 0 unspecified atom stereocenters. The van der Waals surface area contributed by atoms with Crippen LogP contribution in [0.5, 0.6) is 0 Å². The highest BCUT2D eigenvalue weighted by Crippen LogP contribution is 2.24. The van der Waals surface area contributed by atoms with E-state index in [1.54, 1.807) is 6.20 Å². The van der Waals surface area contributed by atoms with Crippen LogP contribution in [0.4, 0.5) is 11.6 Å². The van der Waals surface area contributed by atoms with Gasteiger partial charge in [0.15, 0.2) is 5.82 Å². The maximum atomic E-state index is 4.46. The molecule has 0 aromatic carbocycles. The standard InChI is InChI=1S/C15H18BrN5/c1-20(15-10-12(16)6-8-17-15)13-4-3-9-21(11-13)14-5-2-7-18-19-14/h2,5-8,10,13H,3-4,9,11H2,1H3/t13-/m0/s1. The summed E-state index contributed by atoms with van der Waals surface area (Å²) in [4.78, 5) is 9.02. The molecule has 1 fully saturated rings. The molecule has 1 atom stereocenters. The average Bonchev–Trinajstić information content (AvgIpc) is 2.55. The van der Waals surface area contributed by atoms with Gasteiger partial charge in [0.2, 0.25) is 0 Å². The fourth-order valence-electron chi connectivity index (χ4n) is 2.71. The van der Waals surface area contributed by atoms with Gasteiger partial charge in [0.1, 0.15) is 5.82 Å². The van der Waals surface area contributed by atoms with Crippen molar-refractivity contribution < 1.29 is 0 Å². The van der Waals surface area contributed by atoms with Gasteiger partial charge >= 0.3 is 0 Å². The molecule has 0 radical (unpaired) electrons. The molecule has 0 saturated carbocycles. The van der Waals surface area contributed by atoms with Crippen molar-refractivity contribution in [2.45, 2.75) is 18.9 Å². The maximum Gasteiger partial charge on any atom is 0.151 e. The molecular weight excluding hydrogens is 330 g/mol. The van der Waals surface area contributed by atoms with Gasteiger partial charge < -0.3 is 9.80 Å². The number of piperidine rings is 1. The predicted molar refractivity (Wildman–Crippen MR) is 87.6 cm³/mol. The van der Waals surface area contributed by atoms with Crippen molar-refractivity contribution in [2.75, 3.05) is 29.9 Å². The van der Waals surface area contributed by atoms with E-state index in [1.165, 1.54) is 6.42 Å². The normalized spacial score (nSPS) is 18.6. The lowest BCUT2D eigenvalue weighted by Gasteiger charge is -2.38. The van der Waals surface area contributed by atoms with Crippen molar-refractivity contribution in [1.82, 2.24) is 15.2 Å². The summed E-state index contributed by atoms with van der Waals surface area (Å²) in [7, 11) is 2.11. The third-order valence-electron chi connectivity index (χ3n) is 3.90. The van der Waals surface area contributed by atoms with Crippen LogP contribution >= 0.6 is 15.9 Å². The number of halogens is 1. The Kier molecular flexibility index (Phi) is 4.34. The van der Waals surface area contributed by atoms with Crippen molar-refractivity contribution in [3.63, 3.8) is 0 Å². The van der Waals surface area contributed by atoms with Crippen LogP contribution in [0.15, 0.2) is 41.1 Å². The number of hydrogen-bond donors (Lipinski definition) is 0. The monoisotopic (exact) mass is 347 g/mol. The van der Waals surface area contributed by atoms with Gasteiger partial charge in [0.25, 0.3) is 0 Å². The molecule has 0 N–H and O–H groups in total. The molecule has 0 amide bonds. The summed E-state index contributed by atoms with van der Waals surface area (Å²) in [5.41, 5.74) is 0. The maximum absolute atomic E-state index is 4.46. The van der Waals surface area contributed by atoms with Crippen molar-refractivity contribution >= 4 is 27.6 Å². The number of likely N-dealkylation sites (N-methyl/N-ethyl adjacent to an activating group) is 1. The second-order valence-corrected chi connectivity index (χ2v) is 6.18. The van der Waals surface area contributed by atoms with Crippen molar-refractivity contribution in [3.8, 4) is 0 Å². The van der Waals surface area contributed by atoms with Gasteiger partial charge in [-0.25, -0.2) is 4.98 Å². The Bertz CT molecular complexity index is 592. The molecule has 1 aliphatic rings. The molecule has 6 heteroatoms. The second kappa shape index (κ2) is 6.39. The van der Waals surface area contributed by atoms with E-state index in [-0.39, 0.29) is 0 Å². The highest BCUT2D eigenvalue weighted by molar-refractivity contribution is 9.10. The zero-order chi connectivity index (χ0) is 14.7. The van der Waals surface area contributed by atoms with E-state index in [4.69, 9.17) is 0 Å². The number of hydrogen-bond acceptors (Lipinski definition) is 5. The Morgan fingerprint density at radius 3 is 3.00 bits per heavy atom. The van der Waals surface area contributed by atoms with Gasteiger partial charge in [0.05, 0.1) is 0 Å². The Balaban J connectivity index is 1.74. The first kappa shape index (κ1) is 14.3. The fourth-order valence-corrected chi connectivity index (χ4v) is 3.04. The van der Waals surface area contributed by atoms with Crippen LogP contribution in [0, 0.1) is 0 Å². The molecule has 2 aromatic rings. The van der Waals surface area contributed by atoms with E-state index in [1.807, 2.05) is 24.4 Å². The Labute approximate surface area is 133 Å². The first-order valence-corrected chi connectivity index (χ1v) is 7.90. The topological polar surface area (TPSA) is 45.2 Å². The van der Waals surface area contributed by atoms with E-state index in [0.29, 0.717) is 6.04 Å². The zero-order valence-corrected chi connectivity index (χ0v) is 13.6. The van der Waals surface area contributed by atoms with Gasteiger partial charge in [-0.05, 0) is 37.1 Å². The lowest BCUT2D eigenvalue weighted by molar-refractivity contribution is 0.482. The molecule has 1 aliphatic heterocycles. The molecule has 0 spiro atoms. The first-order chi connectivity index (χ1) is 10.2. The van der Waals surface area contributed by atoms with Crippen LogP contribution in [-0.4, -0.2) is 41.4 Å². The van der Waals surface area contributed by atoms with Crippen LogP contribution in [-0.2, 0) is 0 Å². The molecule has 1 saturated heterocycles. The Morgan fingerprint density at radius 2 is 2.24 bits per heavy atom. The molecule has 5 nitrogen and oxygen atoms in total. The molecule has 2 aromatic heterocycles. The van der Waals surface area contributed by atoms with E-state index in [2.05, 4.69) is 54.0 Å². The van der Waals surface area contributed by atoms with E-state index < -0.39 is 0 Å². The zero-order valence-electron chi connectivity index (χ0n) is 12.0. The van der Waals surface area contributed by atoms with Crippen molar-refractivity contribution in [3.05, 3.63) is 41.1 Å². The third-order valence-corrected chi connectivity index (χ3v) is 4.39. The van der Waals surface area contributed by atoms with Gasteiger partial charge in [-0.15, -0.1) is 5.10 Å². The van der Waals surface area contributed by atoms with E-state index in [9.17, 15) is 0 Å². The number of nitrogens with zero attached hydrogens (tertiary/aromatic N) is 5. The summed E-state index contributed by atoms with van der Waals surface area (Å²) in [6.07, 6.45) is 5.86. The Morgan fingerprint density at radius 1 is 1.33 bits per heavy atom. The van der Waals surface area contributed by atoms with Gasteiger partial charge in [-0.3, -0.25) is 0 Å².